The summed E-state index contributed by atoms with van der Waals surface area (Å²) in [4.78, 5) is 12.8. The molecule has 0 saturated carbocycles. The summed E-state index contributed by atoms with van der Waals surface area (Å²) < 4.78 is 13.0. The molecule has 1 amide bonds. The molecule has 0 radical (unpaired) electrons. The van der Waals surface area contributed by atoms with E-state index in [1.807, 2.05) is 17.5 Å². The molecule has 2 aromatic rings. The van der Waals surface area contributed by atoms with Crippen LogP contribution >= 0.6 is 11.3 Å². The fraction of sp³-hybridized carbons (Fsp3) is 0.200. The smallest absolute Gasteiger partial charge is 0.240 e. The first-order valence-electron chi connectivity index (χ1n) is 6.32. The Morgan fingerprint density at radius 3 is 2.70 bits per heavy atom. The standard InChI is InChI=1S/C15H13FN2OS/c1-10(19)18-14(11-4-6-12(16)7-5-11)9-13(17-18)15-3-2-8-20-15/h2-8,14H,9H2,1H3/t14-/m0/s1. The van der Waals surface area contributed by atoms with Crippen LogP contribution in [0.25, 0.3) is 0 Å². The summed E-state index contributed by atoms with van der Waals surface area (Å²) in [6.45, 7) is 1.50. The number of benzene rings is 1. The molecule has 1 aromatic heterocycles. The number of thiophene rings is 1. The van der Waals surface area contributed by atoms with Gasteiger partial charge in [-0.15, -0.1) is 11.3 Å². The minimum atomic E-state index is -0.277. The van der Waals surface area contributed by atoms with Crippen LogP contribution in [-0.2, 0) is 4.79 Å². The molecule has 0 fully saturated rings. The fourth-order valence-corrected chi connectivity index (χ4v) is 3.06. The molecule has 0 aliphatic carbocycles. The third kappa shape index (κ3) is 2.36. The van der Waals surface area contributed by atoms with E-state index >= 15 is 0 Å². The van der Waals surface area contributed by atoms with Gasteiger partial charge in [-0.3, -0.25) is 4.79 Å². The highest BCUT2D eigenvalue weighted by Crippen LogP contribution is 2.33. The van der Waals surface area contributed by atoms with Crippen LogP contribution in [0.2, 0.25) is 0 Å². The van der Waals surface area contributed by atoms with Gasteiger partial charge in [-0.05, 0) is 29.1 Å². The van der Waals surface area contributed by atoms with Crippen molar-refractivity contribution in [2.24, 2.45) is 5.10 Å². The van der Waals surface area contributed by atoms with Crippen molar-refractivity contribution >= 4 is 23.0 Å². The van der Waals surface area contributed by atoms with E-state index in [0.29, 0.717) is 6.42 Å². The van der Waals surface area contributed by atoms with Crippen LogP contribution in [0.15, 0.2) is 46.9 Å². The maximum absolute atomic E-state index is 13.0. The van der Waals surface area contributed by atoms with Crippen molar-refractivity contribution in [3.05, 3.63) is 58.0 Å². The highest BCUT2D eigenvalue weighted by molar-refractivity contribution is 7.12. The maximum Gasteiger partial charge on any atom is 0.240 e. The lowest BCUT2D eigenvalue weighted by molar-refractivity contribution is -0.130. The van der Waals surface area contributed by atoms with Gasteiger partial charge >= 0.3 is 0 Å². The average molecular weight is 288 g/mol. The van der Waals surface area contributed by atoms with Gasteiger partial charge in [0.2, 0.25) is 5.91 Å². The molecule has 3 nitrogen and oxygen atoms in total. The molecule has 1 aliphatic heterocycles. The zero-order valence-electron chi connectivity index (χ0n) is 10.9. The van der Waals surface area contributed by atoms with E-state index in [9.17, 15) is 9.18 Å². The molecule has 2 heterocycles. The first-order valence-corrected chi connectivity index (χ1v) is 7.20. The van der Waals surface area contributed by atoms with Crippen LogP contribution in [0.1, 0.15) is 29.8 Å². The summed E-state index contributed by atoms with van der Waals surface area (Å²) in [5.41, 5.74) is 1.81. The molecule has 0 spiro atoms. The highest BCUT2D eigenvalue weighted by Gasteiger charge is 2.31. The van der Waals surface area contributed by atoms with Gasteiger partial charge in [0.25, 0.3) is 0 Å². The van der Waals surface area contributed by atoms with Crippen molar-refractivity contribution in [1.82, 2.24) is 5.01 Å². The lowest BCUT2D eigenvalue weighted by Crippen LogP contribution is -2.24. The molecular weight excluding hydrogens is 275 g/mol. The molecule has 102 valence electrons. The average Bonchev–Trinajstić information content (AvgIpc) is 3.08. The van der Waals surface area contributed by atoms with Gasteiger partial charge in [0.1, 0.15) is 5.82 Å². The molecule has 1 aliphatic rings. The van der Waals surface area contributed by atoms with Gasteiger partial charge in [0, 0.05) is 13.3 Å². The minimum Gasteiger partial charge on any atom is -0.273 e. The summed E-state index contributed by atoms with van der Waals surface area (Å²) >= 11 is 1.60. The molecule has 3 rings (SSSR count). The molecule has 1 atom stereocenters. The van der Waals surface area contributed by atoms with Crippen molar-refractivity contribution in [3.63, 3.8) is 0 Å². The van der Waals surface area contributed by atoms with E-state index in [4.69, 9.17) is 0 Å². The zero-order valence-corrected chi connectivity index (χ0v) is 11.7. The second-order valence-electron chi connectivity index (χ2n) is 4.66. The number of hydrogen-bond acceptors (Lipinski definition) is 3. The van der Waals surface area contributed by atoms with Gasteiger partial charge in [-0.2, -0.15) is 5.10 Å². The van der Waals surface area contributed by atoms with E-state index in [2.05, 4.69) is 5.10 Å². The van der Waals surface area contributed by atoms with E-state index in [-0.39, 0.29) is 17.8 Å². The third-order valence-electron chi connectivity index (χ3n) is 3.29. The summed E-state index contributed by atoms with van der Waals surface area (Å²) in [6, 6.07) is 10.1. The summed E-state index contributed by atoms with van der Waals surface area (Å²) in [5, 5.41) is 7.90. The quantitative estimate of drug-likeness (QED) is 0.831. The van der Waals surface area contributed by atoms with Crippen LogP contribution in [0.3, 0.4) is 0 Å². The topological polar surface area (TPSA) is 32.7 Å². The number of hydrogen-bond donors (Lipinski definition) is 0. The molecule has 0 saturated heterocycles. The lowest BCUT2D eigenvalue weighted by atomic mass is 10.0. The van der Waals surface area contributed by atoms with E-state index in [1.165, 1.54) is 24.1 Å². The summed E-state index contributed by atoms with van der Waals surface area (Å²) in [6.07, 6.45) is 0.658. The second-order valence-corrected chi connectivity index (χ2v) is 5.61. The molecule has 0 bridgehead atoms. The lowest BCUT2D eigenvalue weighted by Gasteiger charge is -2.20. The SMILES string of the molecule is CC(=O)N1N=C(c2cccs2)C[C@H]1c1ccc(F)cc1. The molecule has 5 heteroatoms. The Bertz CT molecular complexity index is 649. The van der Waals surface area contributed by atoms with E-state index in [0.717, 1.165) is 16.2 Å². The van der Waals surface area contributed by atoms with Crippen molar-refractivity contribution in [1.29, 1.82) is 0 Å². The van der Waals surface area contributed by atoms with Gasteiger partial charge in [-0.25, -0.2) is 9.40 Å². The van der Waals surface area contributed by atoms with Crippen LogP contribution in [0, 0.1) is 5.82 Å². The monoisotopic (exact) mass is 288 g/mol. The molecule has 20 heavy (non-hydrogen) atoms. The Morgan fingerprint density at radius 1 is 1.35 bits per heavy atom. The van der Waals surface area contributed by atoms with Gasteiger partial charge in [0.05, 0.1) is 16.6 Å². The van der Waals surface area contributed by atoms with Crippen molar-refractivity contribution in [2.45, 2.75) is 19.4 Å². The second kappa shape index (κ2) is 5.17. The Labute approximate surface area is 120 Å². The number of hydrazone groups is 1. The number of halogens is 1. The van der Waals surface area contributed by atoms with Gasteiger partial charge < -0.3 is 0 Å². The Kier molecular flexibility index (Phi) is 3.36. The highest BCUT2D eigenvalue weighted by atomic mass is 32.1. The van der Waals surface area contributed by atoms with Crippen molar-refractivity contribution < 1.29 is 9.18 Å². The predicted octanol–water partition coefficient (Wildman–Crippen LogP) is 3.58. The molecule has 0 N–H and O–H groups in total. The first kappa shape index (κ1) is 13.0. The number of nitrogens with zero attached hydrogens (tertiary/aromatic N) is 2. The van der Waals surface area contributed by atoms with Crippen LogP contribution in [0.5, 0.6) is 0 Å². The number of amides is 1. The van der Waals surface area contributed by atoms with E-state index in [1.54, 1.807) is 23.5 Å². The Morgan fingerprint density at radius 2 is 2.10 bits per heavy atom. The molecule has 1 aromatic carbocycles. The van der Waals surface area contributed by atoms with Gasteiger partial charge in [0.15, 0.2) is 0 Å². The predicted molar refractivity (Wildman–Crippen MR) is 77.1 cm³/mol. The number of rotatable bonds is 2. The molecular formula is C15H13FN2OS. The van der Waals surface area contributed by atoms with Crippen LogP contribution < -0.4 is 0 Å². The Balaban J connectivity index is 1.93. The van der Waals surface area contributed by atoms with Crippen LogP contribution in [0.4, 0.5) is 4.39 Å². The van der Waals surface area contributed by atoms with Crippen LogP contribution in [-0.4, -0.2) is 16.6 Å². The van der Waals surface area contributed by atoms with Crippen molar-refractivity contribution in [3.8, 4) is 0 Å². The van der Waals surface area contributed by atoms with E-state index < -0.39 is 0 Å². The summed E-state index contributed by atoms with van der Waals surface area (Å²) in [7, 11) is 0. The first-order chi connectivity index (χ1) is 9.65. The minimum absolute atomic E-state index is 0.106. The normalized spacial score (nSPS) is 18.2. The summed E-state index contributed by atoms with van der Waals surface area (Å²) in [5.74, 6) is -0.383. The number of carbonyl (C=O) groups excluding carboxylic acids is 1. The Hall–Kier alpha value is -2.01. The molecule has 0 unspecified atom stereocenters. The zero-order chi connectivity index (χ0) is 14.1. The maximum atomic E-state index is 13.0. The number of carbonyl (C=O) groups is 1. The fourth-order valence-electron chi connectivity index (χ4n) is 2.34. The largest absolute Gasteiger partial charge is 0.273 e. The van der Waals surface area contributed by atoms with Crippen molar-refractivity contribution in [2.75, 3.05) is 0 Å². The van der Waals surface area contributed by atoms with Gasteiger partial charge in [-0.1, -0.05) is 18.2 Å². The third-order valence-corrected chi connectivity index (χ3v) is 4.21.